The van der Waals surface area contributed by atoms with Gasteiger partial charge in [0.1, 0.15) is 11.3 Å². The van der Waals surface area contributed by atoms with Crippen LogP contribution in [0.15, 0.2) is 46.9 Å². The Hall–Kier alpha value is -2.73. The number of oxazole rings is 1. The second-order valence-electron chi connectivity index (χ2n) is 3.86. The van der Waals surface area contributed by atoms with Gasteiger partial charge in [0, 0.05) is 5.56 Å². The first-order valence-corrected chi connectivity index (χ1v) is 5.43. The number of rotatable bonds is 1. The van der Waals surface area contributed by atoms with Gasteiger partial charge in [-0.3, -0.25) is 0 Å². The van der Waals surface area contributed by atoms with Crippen LogP contribution in [0.25, 0.3) is 22.6 Å². The van der Waals surface area contributed by atoms with Crippen molar-refractivity contribution in [3.8, 4) is 29.5 Å². The second-order valence-corrected chi connectivity index (χ2v) is 3.86. The molecule has 0 aliphatic rings. The van der Waals surface area contributed by atoms with Crippen molar-refractivity contribution in [1.29, 1.82) is 0 Å². The van der Waals surface area contributed by atoms with Gasteiger partial charge in [0.15, 0.2) is 5.58 Å². The first kappa shape index (κ1) is 10.4. The molecule has 3 aromatic rings. The highest BCUT2D eigenvalue weighted by Gasteiger charge is 2.10. The molecule has 3 heteroatoms. The van der Waals surface area contributed by atoms with Gasteiger partial charge in [0.2, 0.25) is 5.89 Å². The van der Waals surface area contributed by atoms with Crippen molar-refractivity contribution in [2.24, 2.45) is 0 Å². The van der Waals surface area contributed by atoms with Gasteiger partial charge in [0.25, 0.3) is 0 Å². The summed E-state index contributed by atoms with van der Waals surface area (Å²) in [5.74, 6) is 3.27. The van der Waals surface area contributed by atoms with Crippen LogP contribution in [0.3, 0.4) is 0 Å². The Kier molecular flexibility index (Phi) is 2.28. The Morgan fingerprint density at radius 3 is 2.61 bits per heavy atom. The van der Waals surface area contributed by atoms with Crippen LogP contribution in [-0.4, -0.2) is 10.1 Å². The van der Waals surface area contributed by atoms with E-state index in [4.69, 9.17) is 10.8 Å². The molecule has 0 bridgehead atoms. The minimum absolute atomic E-state index is 0.208. The molecule has 86 valence electrons. The summed E-state index contributed by atoms with van der Waals surface area (Å²) in [6, 6.07) is 12.2. The zero-order chi connectivity index (χ0) is 12.5. The Morgan fingerprint density at radius 2 is 1.89 bits per heavy atom. The molecule has 0 saturated carbocycles. The van der Waals surface area contributed by atoms with Crippen molar-refractivity contribution in [1.82, 2.24) is 4.98 Å². The summed E-state index contributed by atoms with van der Waals surface area (Å²) in [5.41, 5.74) is 2.83. The molecule has 2 aromatic carbocycles. The number of aromatic nitrogens is 1. The molecule has 0 aliphatic carbocycles. The number of nitrogens with zero attached hydrogens (tertiary/aromatic N) is 1. The summed E-state index contributed by atoms with van der Waals surface area (Å²) >= 11 is 0. The normalized spacial score (nSPS) is 10.4. The van der Waals surface area contributed by atoms with E-state index in [0.717, 1.165) is 11.1 Å². The van der Waals surface area contributed by atoms with Crippen LogP contribution < -0.4 is 0 Å². The van der Waals surface area contributed by atoms with E-state index < -0.39 is 0 Å². The molecule has 0 aliphatic heterocycles. The van der Waals surface area contributed by atoms with E-state index in [1.807, 2.05) is 18.2 Å². The first-order valence-electron chi connectivity index (χ1n) is 5.43. The van der Waals surface area contributed by atoms with Gasteiger partial charge in [-0.2, -0.15) is 0 Å². The number of phenolic OH excluding ortho intramolecular Hbond substituents is 1. The van der Waals surface area contributed by atoms with E-state index >= 15 is 0 Å². The molecule has 1 heterocycles. The number of phenols is 1. The standard InChI is InChI=1S/C15H9NO2/c1-2-10-4-3-5-13-14(10)18-15(16-13)11-6-8-12(17)9-7-11/h1,3-9,17H. The third-order valence-electron chi connectivity index (χ3n) is 2.68. The molecular weight excluding hydrogens is 226 g/mol. The Bertz CT molecular complexity index is 748. The molecule has 0 fully saturated rings. The number of hydrogen-bond acceptors (Lipinski definition) is 3. The maximum absolute atomic E-state index is 9.25. The maximum atomic E-state index is 9.25. The molecule has 18 heavy (non-hydrogen) atoms. The summed E-state index contributed by atoms with van der Waals surface area (Å²) in [4.78, 5) is 4.38. The molecule has 0 atom stereocenters. The fourth-order valence-electron chi connectivity index (χ4n) is 1.79. The molecule has 3 nitrogen and oxygen atoms in total. The summed E-state index contributed by atoms with van der Waals surface area (Å²) in [6.07, 6.45) is 5.41. The molecule has 3 rings (SSSR count). The SMILES string of the molecule is C#Cc1cccc2nc(-c3ccc(O)cc3)oc12. The molecule has 1 N–H and O–H groups in total. The third-order valence-corrected chi connectivity index (χ3v) is 2.68. The van der Waals surface area contributed by atoms with E-state index in [1.165, 1.54) is 0 Å². The van der Waals surface area contributed by atoms with Gasteiger partial charge in [0.05, 0.1) is 5.56 Å². The lowest BCUT2D eigenvalue weighted by Crippen LogP contribution is -1.75. The highest BCUT2D eigenvalue weighted by atomic mass is 16.3. The number of para-hydroxylation sites is 1. The molecular formula is C15H9NO2. The van der Waals surface area contributed by atoms with Crippen LogP contribution in [0.2, 0.25) is 0 Å². The van der Waals surface area contributed by atoms with E-state index in [9.17, 15) is 5.11 Å². The van der Waals surface area contributed by atoms with Gasteiger partial charge in [-0.25, -0.2) is 4.98 Å². The van der Waals surface area contributed by atoms with Crippen molar-refractivity contribution in [2.75, 3.05) is 0 Å². The lowest BCUT2D eigenvalue weighted by Gasteiger charge is -1.94. The summed E-state index contributed by atoms with van der Waals surface area (Å²) < 4.78 is 5.68. The van der Waals surface area contributed by atoms with Crippen molar-refractivity contribution in [2.45, 2.75) is 0 Å². The third kappa shape index (κ3) is 1.61. The van der Waals surface area contributed by atoms with Crippen LogP contribution in [0, 0.1) is 12.3 Å². The van der Waals surface area contributed by atoms with Gasteiger partial charge in [-0.1, -0.05) is 12.0 Å². The zero-order valence-electron chi connectivity index (χ0n) is 9.42. The van der Waals surface area contributed by atoms with E-state index in [0.29, 0.717) is 17.0 Å². The van der Waals surface area contributed by atoms with Crippen molar-refractivity contribution in [3.63, 3.8) is 0 Å². The quantitative estimate of drug-likeness (QED) is 0.659. The Balaban J connectivity index is 2.20. The number of hydrogen-bond donors (Lipinski definition) is 1. The van der Waals surface area contributed by atoms with Crippen LogP contribution >= 0.6 is 0 Å². The van der Waals surface area contributed by atoms with Crippen molar-refractivity contribution in [3.05, 3.63) is 48.0 Å². The fraction of sp³-hybridized carbons (Fsp3) is 0. The van der Waals surface area contributed by atoms with Crippen LogP contribution in [-0.2, 0) is 0 Å². The largest absolute Gasteiger partial charge is 0.508 e. The van der Waals surface area contributed by atoms with Gasteiger partial charge < -0.3 is 9.52 Å². The van der Waals surface area contributed by atoms with E-state index in [-0.39, 0.29) is 5.75 Å². The van der Waals surface area contributed by atoms with Crippen LogP contribution in [0.1, 0.15) is 5.56 Å². The predicted octanol–water partition coefficient (Wildman–Crippen LogP) is 3.18. The zero-order valence-corrected chi connectivity index (χ0v) is 9.42. The fourth-order valence-corrected chi connectivity index (χ4v) is 1.79. The number of aromatic hydroxyl groups is 1. The number of fused-ring (bicyclic) bond motifs is 1. The summed E-state index contributed by atoms with van der Waals surface area (Å²) in [6.45, 7) is 0. The Morgan fingerprint density at radius 1 is 1.11 bits per heavy atom. The number of terminal acetylenes is 1. The Labute approximate surface area is 104 Å². The highest BCUT2D eigenvalue weighted by molar-refractivity contribution is 5.81. The molecule has 1 aromatic heterocycles. The molecule has 0 amide bonds. The minimum atomic E-state index is 0.208. The summed E-state index contributed by atoms with van der Waals surface area (Å²) in [5, 5.41) is 9.25. The molecule has 0 unspecified atom stereocenters. The first-order chi connectivity index (χ1) is 8.78. The van der Waals surface area contributed by atoms with Crippen LogP contribution in [0.5, 0.6) is 5.75 Å². The van der Waals surface area contributed by atoms with Gasteiger partial charge >= 0.3 is 0 Å². The highest BCUT2D eigenvalue weighted by Crippen LogP contribution is 2.27. The maximum Gasteiger partial charge on any atom is 0.227 e. The van der Waals surface area contributed by atoms with E-state index in [1.54, 1.807) is 24.3 Å². The van der Waals surface area contributed by atoms with Gasteiger partial charge in [-0.15, -0.1) is 6.42 Å². The van der Waals surface area contributed by atoms with Crippen LogP contribution in [0.4, 0.5) is 0 Å². The molecule has 0 spiro atoms. The monoisotopic (exact) mass is 235 g/mol. The second kappa shape index (κ2) is 3.94. The lowest BCUT2D eigenvalue weighted by atomic mass is 10.2. The van der Waals surface area contributed by atoms with Crippen molar-refractivity contribution < 1.29 is 9.52 Å². The van der Waals surface area contributed by atoms with Crippen molar-refractivity contribution >= 4 is 11.1 Å². The molecule has 0 saturated heterocycles. The average Bonchev–Trinajstić information content (AvgIpc) is 2.83. The predicted molar refractivity (Wildman–Crippen MR) is 69.0 cm³/mol. The smallest absolute Gasteiger partial charge is 0.227 e. The van der Waals surface area contributed by atoms with Gasteiger partial charge in [-0.05, 0) is 36.4 Å². The number of benzene rings is 2. The topological polar surface area (TPSA) is 46.3 Å². The summed E-state index contributed by atoms with van der Waals surface area (Å²) in [7, 11) is 0. The van der Waals surface area contributed by atoms with E-state index in [2.05, 4.69) is 10.9 Å². The average molecular weight is 235 g/mol. The minimum Gasteiger partial charge on any atom is -0.508 e. The molecule has 0 radical (unpaired) electrons. The lowest BCUT2D eigenvalue weighted by molar-refractivity contribution is 0.475.